The molecular formula is C14H30N2O2. The Hall–Kier alpha value is -0.160. The van der Waals surface area contributed by atoms with E-state index < -0.39 is 0 Å². The van der Waals surface area contributed by atoms with Crippen LogP contribution in [0.15, 0.2) is 0 Å². The SMILES string of the molecule is COCCNCC1CCCN1CCC(C)(C)OC. The van der Waals surface area contributed by atoms with Crippen LogP contribution in [0.3, 0.4) is 0 Å². The zero-order valence-corrected chi connectivity index (χ0v) is 12.5. The standard InChI is InChI=1S/C14H30N2O2/c1-14(2,18-4)7-10-16-9-5-6-13(16)12-15-8-11-17-3/h13,15H,5-12H2,1-4H3. The van der Waals surface area contributed by atoms with Crippen molar-refractivity contribution in [1.29, 1.82) is 0 Å². The van der Waals surface area contributed by atoms with Crippen LogP contribution in [-0.4, -0.2) is 63.5 Å². The molecule has 1 fully saturated rings. The molecule has 1 N–H and O–H groups in total. The maximum Gasteiger partial charge on any atom is 0.0634 e. The van der Waals surface area contributed by atoms with E-state index in [2.05, 4.69) is 24.1 Å². The molecule has 1 unspecified atom stereocenters. The predicted molar refractivity (Wildman–Crippen MR) is 75.0 cm³/mol. The Morgan fingerprint density at radius 3 is 2.78 bits per heavy atom. The zero-order chi connectivity index (χ0) is 13.4. The number of nitrogens with zero attached hydrogens (tertiary/aromatic N) is 1. The average molecular weight is 258 g/mol. The molecule has 0 saturated carbocycles. The van der Waals surface area contributed by atoms with Gasteiger partial charge in [0, 0.05) is 39.9 Å². The van der Waals surface area contributed by atoms with Crippen LogP contribution >= 0.6 is 0 Å². The smallest absolute Gasteiger partial charge is 0.0634 e. The summed E-state index contributed by atoms with van der Waals surface area (Å²) in [5.41, 5.74) is -0.00335. The van der Waals surface area contributed by atoms with Gasteiger partial charge in [-0.25, -0.2) is 0 Å². The van der Waals surface area contributed by atoms with E-state index in [4.69, 9.17) is 9.47 Å². The largest absolute Gasteiger partial charge is 0.383 e. The maximum atomic E-state index is 5.49. The minimum atomic E-state index is -0.00335. The lowest BCUT2D eigenvalue weighted by atomic mass is 10.0. The zero-order valence-electron chi connectivity index (χ0n) is 12.5. The summed E-state index contributed by atoms with van der Waals surface area (Å²) >= 11 is 0. The molecule has 108 valence electrons. The summed E-state index contributed by atoms with van der Waals surface area (Å²) in [7, 11) is 3.55. The van der Waals surface area contributed by atoms with Crippen LogP contribution in [0.1, 0.15) is 33.1 Å². The molecule has 0 aliphatic carbocycles. The molecule has 1 atom stereocenters. The number of methoxy groups -OCH3 is 2. The third kappa shape index (κ3) is 5.65. The molecule has 0 radical (unpaired) electrons. The topological polar surface area (TPSA) is 33.7 Å². The van der Waals surface area contributed by atoms with Gasteiger partial charge in [-0.3, -0.25) is 4.90 Å². The fourth-order valence-corrected chi connectivity index (χ4v) is 2.38. The number of nitrogens with one attached hydrogen (secondary N) is 1. The van der Waals surface area contributed by atoms with Crippen molar-refractivity contribution in [2.75, 3.05) is 47.0 Å². The first-order valence-electron chi connectivity index (χ1n) is 7.08. The first kappa shape index (κ1) is 15.9. The number of likely N-dealkylation sites (tertiary alicyclic amines) is 1. The Kier molecular flexibility index (Phi) is 7.15. The van der Waals surface area contributed by atoms with Gasteiger partial charge in [-0.2, -0.15) is 0 Å². The maximum absolute atomic E-state index is 5.49. The molecule has 4 nitrogen and oxygen atoms in total. The van der Waals surface area contributed by atoms with Gasteiger partial charge in [-0.05, 0) is 39.7 Å². The lowest BCUT2D eigenvalue weighted by Crippen LogP contribution is -2.41. The van der Waals surface area contributed by atoms with Crippen molar-refractivity contribution >= 4 is 0 Å². The molecule has 1 aliphatic heterocycles. The van der Waals surface area contributed by atoms with E-state index in [0.29, 0.717) is 6.04 Å². The molecule has 1 saturated heterocycles. The van der Waals surface area contributed by atoms with E-state index >= 15 is 0 Å². The highest BCUT2D eigenvalue weighted by Crippen LogP contribution is 2.20. The van der Waals surface area contributed by atoms with Crippen LogP contribution in [0.2, 0.25) is 0 Å². The summed E-state index contributed by atoms with van der Waals surface area (Å²) in [4.78, 5) is 2.60. The molecule has 18 heavy (non-hydrogen) atoms. The Bertz CT molecular complexity index is 222. The van der Waals surface area contributed by atoms with Gasteiger partial charge in [0.25, 0.3) is 0 Å². The summed E-state index contributed by atoms with van der Waals surface area (Å²) in [5.74, 6) is 0. The van der Waals surface area contributed by atoms with Crippen molar-refractivity contribution < 1.29 is 9.47 Å². The van der Waals surface area contributed by atoms with Gasteiger partial charge in [0.2, 0.25) is 0 Å². The second kappa shape index (κ2) is 8.10. The van der Waals surface area contributed by atoms with Crippen molar-refractivity contribution in [3.05, 3.63) is 0 Å². The molecule has 0 amide bonds. The normalized spacial score (nSPS) is 21.7. The van der Waals surface area contributed by atoms with E-state index in [1.807, 2.05) is 0 Å². The second-order valence-electron chi connectivity index (χ2n) is 5.74. The minimum absolute atomic E-state index is 0.00335. The van der Waals surface area contributed by atoms with Gasteiger partial charge in [0.05, 0.1) is 12.2 Å². The van der Waals surface area contributed by atoms with Crippen molar-refractivity contribution in [1.82, 2.24) is 10.2 Å². The highest BCUT2D eigenvalue weighted by atomic mass is 16.5. The van der Waals surface area contributed by atoms with E-state index in [0.717, 1.165) is 32.7 Å². The Morgan fingerprint density at radius 2 is 2.11 bits per heavy atom. The summed E-state index contributed by atoms with van der Waals surface area (Å²) in [6.45, 7) is 9.52. The molecule has 4 heteroatoms. The fourth-order valence-electron chi connectivity index (χ4n) is 2.38. The highest BCUT2D eigenvalue weighted by molar-refractivity contribution is 4.82. The molecule has 0 aromatic carbocycles. The number of rotatable bonds is 9. The van der Waals surface area contributed by atoms with E-state index in [-0.39, 0.29) is 5.60 Å². The lowest BCUT2D eigenvalue weighted by molar-refractivity contribution is 0.00650. The molecule has 1 rings (SSSR count). The predicted octanol–water partition coefficient (Wildman–Crippen LogP) is 1.50. The number of ether oxygens (including phenoxy) is 2. The van der Waals surface area contributed by atoms with Crippen molar-refractivity contribution in [2.45, 2.75) is 44.8 Å². The Morgan fingerprint density at radius 1 is 1.33 bits per heavy atom. The fraction of sp³-hybridized carbons (Fsp3) is 1.00. The van der Waals surface area contributed by atoms with Gasteiger partial charge < -0.3 is 14.8 Å². The molecular weight excluding hydrogens is 228 g/mol. The highest BCUT2D eigenvalue weighted by Gasteiger charge is 2.26. The molecule has 0 spiro atoms. The van der Waals surface area contributed by atoms with Crippen molar-refractivity contribution in [2.24, 2.45) is 0 Å². The van der Waals surface area contributed by atoms with Crippen molar-refractivity contribution in [3.63, 3.8) is 0 Å². The molecule has 1 heterocycles. The summed E-state index contributed by atoms with van der Waals surface area (Å²) < 4.78 is 10.5. The van der Waals surface area contributed by atoms with Gasteiger partial charge >= 0.3 is 0 Å². The third-order valence-electron chi connectivity index (χ3n) is 3.92. The van der Waals surface area contributed by atoms with Crippen LogP contribution < -0.4 is 5.32 Å². The summed E-state index contributed by atoms with van der Waals surface area (Å²) in [6.07, 6.45) is 3.73. The van der Waals surface area contributed by atoms with Crippen LogP contribution in [0, 0.1) is 0 Å². The monoisotopic (exact) mass is 258 g/mol. The van der Waals surface area contributed by atoms with Gasteiger partial charge in [-0.1, -0.05) is 0 Å². The third-order valence-corrected chi connectivity index (χ3v) is 3.92. The van der Waals surface area contributed by atoms with Crippen molar-refractivity contribution in [3.8, 4) is 0 Å². The molecule has 0 aromatic heterocycles. The Balaban J connectivity index is 2.22. The number of hydrogen-bond donors (Lipinski definition) is 1. The lowest BCUT2D eigenvalue weighted by Gasteiger charge is -2.29. The van der Waals surface area contributed by atoms with Crippen LogP contribution in [0.25, 0.3) is 0 Å². The molecule has 0 bridgehead atoms. The van der Waals surface area contributed by atoms with Gasteiger partial charge in [-0.15, -0.1) is 0 Å². The first-order valence-corrected chi connectivity index (χ1v) is 7.08. The summed E-state index contributed by atoms with van der Waals surface area (Å²) in [6, 6.07) is 0.689. The second-order valence-corrected chi connectivity index (χ2v) is 5.74. The van der Waals surface area contributed by atoms with E-state index in [9.17, 15) is 0 Å². The van der Waals surface area contributed by atoms with Crippen LogP contribution in [0.4, 0.5) is 0 Å². The summed E-state index contributed by atoms with van der Waals surface area (Å²) in [5, 5.41) is 3.47. The van der Waals surface area contributed by atoms with E-state index in [1.165, 1.54) is 19.4 Å². The van der Waals surface area contributed by atoms with E-state index in [1.54, 1.807) is 14.2 Å². The minimum Gasteiger partial charge on any atom is -0.383 e. The quantitative estimate of drug-likeness (QED) is 0.636. The van der Waals surface area contributed by atoms with Crippen LogP contribution in [0.5, 0.6) is 0 Å². The van der Waals surface area contributed by atoms with Gasteiger partial charge in [0.15, 0.2) is 0 Å². The molecule has 1 aliphatic rings. The average Bonchev–Trinajstić information content (AvgIpc) is 2.80. The van der Waals surface area contributed by atoms with Crippen LogP contribution in [-0.2, 0) is 9.47 Å². The first-order chi connectivity index (χ1) is 8.59. The number of hydrogen-bond acceptors (Lipinski definition) is 4. The Labute approximate surface area is 112 Å². The van der Waals surface area contributed by atoms with Gasteiger partial charge in [0.1, 0.15) is 0 Å². The molecule has 0 aromatic rings.